The Hall–Kier alpha value is -1.65. The zero-order valence-electron chi connectivity index (χ0n) is 9.82. The third kappa shape index (κ3) is 2.38. The molecule has 2 N–H and O–H groups in total. The maximum atomic E-state index is 12.0. The molecule has 17 heavy (non-hydrogen) atoms. The Morgan fingerprint density at radius 2 is 2.12 bits per heavy atom. The first kappa shape index (κ1) is 11.8. The zero-order chi connectivity index (χ0) is 12.3. The predicted molar refractivity (Wildman–Crippen MR) is 64.3 cm³/mol. The second-order valence-corrected chi connectivity index (χ2v) is 4.39. The molecule has 1 aliphatic rings. The number of carbonyl (C=O) groups is 1. The number of rotatable bonds is 4. The third-order valence-electron chi connectivity index (χ3n) is 3.18. The maximum absolute atomic E-state index is 12.0. The Morgan fingerprint density at radius 1 is 1.35 bits per heavy atom. The zero-order valence-corrected chi connectivity index (χ0v) is 9.82. The lowest BCUT2D eigenvalue weighted by molar-refractivity contribution is -0.107. The molecule has 0 bridgehead atoms. The third-order valence-corrected chi connectivity index (χ3v) is 3.18. The van der Waals surface area contributed by atoms with Crippen LogP contribution in [0.2, 0.25) is 0 Å². The topological polar surface area (TPSA) is 78.0 Å². The Morgan fingerprint density at radius 3 is 2.88 bits per heavy atom. The Bertz CT molecular complexity index is 479. The summed E-state index contributed by atoms with van der Waals surface area (Å²) >= 11 is 0. The van der Waals surface area contributed by atoms with Crippen LogP contribution in [0.15, 0.2) is 4.79 Å². The first-order valence-corrected chi connectivity index (χ1v) is 6.06. The number of aryl methyl sites for hydroxylation is 2. The average Bonchev–Trinajstić information content (AvgIpc) is 2.35. The Kier molecular flexibility index (Phi) is 3.56. The van der Waals surface area contributed by atoms with Crippen molar-refractivity contribution < 1.29 is 4.79 Å². The molecule has 1 heterocycles. The molecule has 0 aromatic carbocycles. The molecule has 2 rings (SSSR count). The number of aldehydes is 1. The Balaban J connectivity index is 2.30. The molecule has 0 unspecified atom stereocenters. The second kappa shape index (κ2) is 5.12. The lowest BCUT2D eigenvalue weighted by Crippen LogP contribution is -2.36. The molecule has 0 saturated carbocycles. The van der Waals surface area contributed by atoms with Crippen LogP contribution < -0.4 is 11.4 Å². The van der Waals surface area contributed by atoms with Gasteiger partial charge in [-0.3, -0.25) is 4.79 Å². The van der Waals surface area contributed by atoms with Crippen LogP contribution in [0.3, 0.4) is 0 Å². The van der Waals surface area contributed by atoms with Crippen LogP contribution >= 0.6 is 0 Å². The number of carbonyl (C=O) groups excluding carboxylic acids is 1. The highest BCUT2D eigenvalue weighted by Crippen LogP contribution is 2.16. The smallest absolute Gasteiger partial charge is 0.275 e. The fraction of sp³-hybridized carbons (Fsp3) is 0.583. The van der Waals surface area contributed by atoms with Crippen molar-refractivity contribution >= 4 is 6.29 Å². The fourth-order valence-corrected chi connectivity index (χ4v) is 2.24. The number of hydrogen-bond donors (Lipinski definition) is 1. The second-order valence-electron chi connectivity index (χ2n) is 4.39. The van der Waals surface area contributed by atoms with E-state index < -0.39 is 0 Å². The molecule has 0 radical (unpaired) electrons. The van der Waals surface area contributed by atoms with E-state index in [0.717, 1.165) is 47.9 Å². The van der Waals surface area contributed by atoms with Crippen LogP contribution in [-0.4, -0.2) is 15.9 Å². The van der Waals surface area contributed by atoms with Crippen molar-refractivity contribution in [1.29, 1.82) is 0 Å². The van der Waals surface area contributed by atoms with Crippen LogP contribution in [0, 0.1) is 0 Å². The van der Waals surface area contributed by atoms with Crippen LogP contribution in [0.5, 0.6) is 0 Å². The van der Waals surface area contributed by atoms with Crippen LogP contribution in [0.25, 0.3) is 0 Å². The molecule has 0 spiro atoms. The van der Waals surface area contributed by atoms with Crippen LogP contribution in [0.4, 0.5) is 0 Å². The van der Waals surface area contributed by atoms with Crippen molar-refractivity contribution in [3.05, 3.63) is 27.4 Å². The highest BCUT2D eigenvalue weighted by molar-refractivity contribution is 5.49. The van der Waals surface area contributed by atoms with E-state index in [-0.39, 0.29) is 5.56 Å². The van der Waals surface area contributed by atoms with Gasteiger partial charge in [-0.25, -0.2) is 9.66 Å². The number of fused-ring (bicyclic) bond motifs is 1. The Labute approximate surface area is 99.6 Å². The van der Waals surface area contributed by atoms with Crippen molar-refractivity contribution in [3.63, 3.8) is 0 Å². The minimum atomic E-state index is -0.115. The van der Waals surface area contributed by atoms with Gasteiger partial charge >= 0.3 is 0 Å². The lowest BCUT2D eigenvalue weighted by atomic mass is 9.97. The van der Waals surface area contributed by atoms with Crippen molar-refractivity contribution in [2.45, 2.75) is 44.9 Å². The molecule has 5 nitrogen and oxygen atoms in total. The number of hydrogen-bond acceptors (Lipinski definition) is 4. The van der Waals surface area contributed by atoms with Crippen molar-refractivity contribution in [3.8, 4) is 0 Å². The molecule has 1 aromatic heterocycles. The summed E-state index contributed by atoms with van der Waals surface area (Å²) < 4.78 is 1.15. The fourth-order valence-electron chi connectivity index (χ4n) is 2.24. The molecule has 92 valence electrons. The summed E-state index contributed by atoms with van der Waals surface area (Å²) in [5.41, 5.74) is 1.57. The van der Waals surface area contributed by atoms with E-state index in [1.54, 1.807) is 0 Å². The molecule has 0 amide bonds. The summed E-state index contributed by atoms with van der Waals surface area (Å²) in [6, 6.07) is 0. The first-order valence-electron chi connectivity index (χ1n) is 6.06. The van der Waals surface area contributed by atoms with E-state index in [1.165, 1.54) is 0 Å². The average molecular weight is 235 g/mol. The maximum Gasteiger partial charge on any atom is 0.275 e. The lowest BCUT2D eigenvalue weighted by Gasteiger charge is -2.17. The summed E-state index contributed by atoms with van der Waals surface area (Å²) in [4.78, 5) is 26.7. The highest BCUT2D eigenvalue weighted by Gasteiger charge is 2.17. The molecule has 0 atom stereocenters. The first-order chi connectivity index (χ1) is 8.24. The number of nitrogen functional groups attached to an aromatic ring is 1. The molecule has 0 saturated heterocycles. The van der Waals surface area contributed by atoms with E-state index >= 15 is 0 Å². The molecule has 1 aliphatic carbocycles. The van der Waals surface area contributed by atoms with Gasteiger partial charge in [-0.15, -0.1) is 0 Å². The van der Waals surface area contributed by atoms with E-state index in [4.69, 9.17) is 5.84 Å². The van der Waals surface area contributed by atoms with Gasteiger partial charge in [0.1, 0.15) is 12.1 Å². The summed E-state index contributed by atoms with van der Waals surface area (Å²) in [6.45, 7) is 0. The largest absolute Gasteiger partial charge is 0.335 e. The molecule has 5 heteroatoms. The van der Waals surface area contributed by atoms with Gasteiger partial charge in [-0.2, -0.15) is 0 Å². The van der Waals surface area contributed by atoms with E-state index in [1.807, 2.05) is 0 Å². The normalized spacial score (nSPS) is 14.4. The summed E-state index contributed by atoms with van der Waals surface area (Å²) in [5, 5.41) is 0. The van der Waals surface area contributed by atoms with Crippen molar-refractivity contribution in [2.75, 3.05) is 5.84 Å². The van der Waals surface area contributed by atoms with Gasteiger partial charge in [0.2, 0.25) is 0 Å². The SMILES string of the molecule is Nn1c(CCCC=O)nc2c(c1=O)CCCC2. The summed E-state index contributed by atoms with van der Waals surface area (Å²) in [5.74, 6) is 6.34. The van der Waals surface area contributed by atoms with Gasteiger partial charge < -0.3 is 10.6 Å². The van der Waals surface area contributed by atoms with Crippen molar-refractivity contribution in [1.82, 2.24) is 9.66 Å². The summed E-state index contributed by atoms with van der Waals surface area (Å²) in [7, 11) is 0. The molecular weight excluding hydrogens is 218 g/mol. The number of unbranched alkanes of at least 4 members (excludes halogenated alkanes) is 1. The van der Waals surface area contributed by atoms with Crippen molar-refractivity contribution in [2.24, 2.45) is 0 Å². The van der Waals surface area contributed by atoms with E-state index in [2.05, 4.69) is 4.98 Å². The molecule has 0 fully saturated rings. The minimum Gasteiger partial charge on any atom is -0.335 e. The van der Waals surface area contributed by atoms with Gasteiger partial charge in [0.15, 0.2) is 0 Å². The molecular formula is C12H17N3O2. The number of nitrogens with two attached hydrogens (primary N) is 1. The minimum absolute atomic E-state index is 0.115. The molecule has 1 aromatic rings. The molecule has 0 aliphatic heterocycles. The van der Waals surface area contributed by atoms with Gasteiger partial charge in [0.05, 0.1) is 5.69 Å². The van der Waals surface area contributed by atoms with Crippen LogP contribution in [-0.2, 0) is 24.1 Å². The highest BCUT2D eigenvalue weighted by atomic mass is 16.1. The monoisotopic (exact) mass is 235 g/mol. The standard InChI is InChI=1S/C12H17N3O2/c13-15-11(7-3-4-8-16)14-10-6-2-1-5-9(10)12(15)17/h8H,1-7,13H2. The van der Waals surface area contributed by atoms with Gasteiger partial charge in [-0.1, -0.05) is 0 Å². The van der Waals surface area contributed by atoms with Crippen LogP contribution in [0.1, 0.15) is 42.8 Å². The van der Waals surface area contributed by atoms with Gasteiger partial charge in [0.25, 0.3) is 5.56 Å². The van der Waals surface area contributed by atoms with E-state index in [9.17, 15) is 9.59 Å². The number of aromatic nitrogens is 2. The van der Waals surface area contributed by atoms with E-state index in [0.29, 0.717) is 25.1 Å². The predicted octanol–water partition coefficient (Wildman–Crippen LogP) is 0.357. The quantitative estimate of drug-likeness (QED) is 0.464. The van der Waals surface area contributed by atoms with Gasteiger partial charge in [-0.05, 0) is 32.1 Å². The summed E-state index contributed by atoms with van der Waals surface area (Å²) in [6.07, 6.45) is 6.39. The van der Waals surface area contributed by atoms with Gasteiger partial charge in [0, 0.05) is 18.4 Å². The number of nitrogens with zero attached hydrogens (tertiary/aromatic N) is 2.